The number of aromatic nitrogens is 3. The van der Waals surface area contributed by atoms with Crippen molar-refractivity contribution in [2.45, 2.75) is 6.42 Å². The van der Waals surface area contributed by atoms with Gasteiger partial charge in [0.2, 0.25) is 10.4 Å². The molecule has 0 aliphatic carbocycles. The van der Waals surface area contributed by atoms with Crippen LogP contribution in [0.15, 0.2) is 12.7 Å². The van der Waals surface area contributed by atoms with E-state index in [0.717, 1.165) is 0 Å². The van der Waals surface area contributed by atoms with Crippen LogP contribution in [0.3, 0.4) is 0 Å². The van der Waals surface area contributed by atoms with Gasteiger partial charge in [-0.25, -0.2) is 0 Å². The summed E-state index contributed by atoms with van der Waals surface area (Å²) in [5.74, 6) is 0.198. The summed E-state index contributed by atoms with van der Waals surface area (Å²) in [6, 6.07) is 0. The third kappa shape index (κ3) is 3.16. The normalized spacial score (nSPS) is 9.69. The summed E-state index contributed by atoms with van der Waals surface area (Å²) in [6.07, 6.45) is 2.43. The highest BCUT2D eigenvalue weighted by Gasteiger charge is 2.06. The molecule has 0 aromatic carbocycles. The zero-order chi connectivity index (χ0) is 9.68. The van der Waals surface area contributed by atoms with Crippen molar-refractivity contribution in [3.63, 3.8) is 0 Å². The van der Waals surface area contributed by atoms with Gasteiger partial charge in [0.05, 0.1) is 6.61 Å². The van der Waals surface area contributed by atoms with Crippen molar-refractivity contribution in [1.29, 1.82) is 0 Å². The molecule has 0 fully saturated rings. The van der Waals surface area contributed by atoms with Gasteiger partial charge in [0.1, 0.15) is 0 Å². The Morgan fingerprint density at radius 2 is 2.15 bits per heavy atom. The van der Waals surface area contributed by atoms with Gasteiger partial charge in [0, 0.05) is 0 Å². The summed E-state index contributed by atoms with van der Waals surface area (Å²) in [7, 11) is 0. The Hall–Kier alpha value is -0.870. The molecule has 1 heterocycles. The molecule has 4 nitrogen and oxygen atoms in total. The minimum Gasteiger partial charge on any atom is -0.475 e. The molecule has 0 unspecified atom stereocenters. The maximum absolute atomic E-state index is 5.63. The van der Waals surface area contributed by atoms with Crippen LogP contribution in [0.5, 0.6) is 5.88 Å². The molecule has 0 N–H and O–H groups in total. The molecule has 0 amide bonds. The van der Waals surface area contributed by atoms with Crippen LogP contribution in [0.2, 0.25) is 10.4 Å². The van der Waals surface area contributed by atoms with Crippen LogP contribution < -0.4 is 4.74 Å². The quantitative estimate of drug-likeness (QED) is 0.576. The minimum absolute atomic E-state index is 0.0120. The first-order chi connectivity index (χ1) is 6.24. The second-order valence-corrected chi connectivity index (χ2v) is 2.80. The molecule has 13 heavy (non-hydrogen) atoms. The Morgan fingerprint density at radius 3 is 2.85 bits per heavy atom. The average molecular weight is 220 g/mol. The molecule has 6 heteroatoms. The van der Waals surface area contributed by atoms with E-state index in [0.29, 0.717) is 13.0 Å². The van der Waals surface area contributed by atoms with Crippen molar-refractivity contribution in [3.05, 3.63) is 23.1 Å². The predicted octanol–water partition coefficient (Wildman–Crippen LogP) is 2.13. The fourth-order valence-corrected chi connectivity index (χ4v) is 0.860. The first-order valence-corrected chi connectivity index (χ1v) is 4.29. The molecule has 0 saturated heterocycles. The summed E-state index contributed by atoms with van der Waals surface area (Å²) in [6.45, 7) is 3.99. The molecule has 0 spiro atoms. The van der Waals surface area contributed by atoms with Gasteiger partial charge < -0.3 is 4.74 Å². The van der Waals surface area contributed by atoms with Crippen LogP contribution in [-0.4, -0.2) is 21.8 Å². The fraction of sp³-hybridized carbons (Fsp3) is 0.286. The number of hydrogen-bond acceptors (Lipinski definition) is 4. The first-order valence-electron chi connectivity index (χ1n) is 3.53. The summed E-state index contributed by atoms with van der Waals surface area (Å²) < 4.78 is 5.16. The molecule has 0 aliphatic heterocycles. The molecular weight excluding hydrogens is 213 g/mol. The first kappa shape index (κ1) is 10.2. The molecule has 0 saturated carbocycles. The summed E-state index contributed by atoms with van der Waals surface area (Å²) in [5, 5.41) is 7.08. The zero-order valence-electron chi connectivity index (χ0n) is 6.70. The maximum atomic E-state index is 5.63. The van der Waals surface area contributed by atoms with Crippen LogP contribution in [-0.2, 0) is 0 Å². The smallest absolute Gasteiger partial charge is 0.256 e. The van der Waals surface area contributed by atoms with Gasteiger partial charge >= 0.3 is 0 Å². The SMILES string of the molecule is C=CCCOc1nc(Cl)nnc1Cl. The molecule has 1 aromatic heterocycles. The van der Waals surface area contributed by atoms with Crippen LogP contribution >= 0.6 is 23.2 Å². The number of hydrogen-bond donors (Lipinski definition) is 0. The largest absolute Gasteiger partial charge is 0.475 e. The average Bonchev–Trinajstić information content (AvgIpc) is 2.11. The number of nitrogens with zero attached hydrogens (tertiary/aromatic N) is 3. The number of rotatable bonds is 4. The van der Waals surface area contributed by atoms with E-state index in [4.69, 9.17) is 27.9 Å². The van der Waals surface area contributed by atoms with Gasteiger partial charge in [-0.05, 0) is 18.0 Å². The lowest BCUT2D eigenvalue weighted by molar-refractivity contribution is 0.310. The van der Waals surface area contributed by atoms with Gasteiger partial charge in [0.25, 0.3) is 5.88 Å². The van der Waals surface area contributed by atoms with E-state index in [1.54, 1.807) is 6.08 Å². The second-order valence-electron chi connectivity index (χ2n) is 2.10. The Labute approximate surface area is 85.5 Å². The monoisotopic (exact) mass is 219 g/mol. The summed E-state index contributed by atoms with van der Waals surface area (Å²) in [4.78, 5) is 3.75. The highest BCUT2D eigenvalue weighted by atomic mass is 35.5. The van der Waals surface area contributed by atoms with Crippen molar-refractivity contribution in [2.24, 2.45) is 0 Å². The number of ether oxygens (including phenoxy) is 1. The third-order valence-corrected chi connectivity index (χ3v) is 1.55. The molecule has 1 rings (SSSR count). The van der Waals surface area contributed by atoms with E-state index >= 15 is 0 Å². The van der Waals surface area contributed by atoms with E-state index < -0.39 is 0 Å². The standard InChI is InChI=1S/C7H7Cl2N3O/c1-2-3-4-13-6-5(8)11-12-7(9)10-6/h2H,1,3-4H2. The molecule has 1 aromatic rings. The predicted molar refractivity (Wildman–Crippen MR) is 50.2 cm³/mol. The van der Waals surface area contributed by atoms with Crippen molar-refractivity contribution < 1.29 is 4.74 Å². The number of halogens is 2. The van der Waals surface area contributed by atoms with Crippen LogP contribution in [0, 0.1) is 0 Å². The Morgan fingerprint density at radius 1 is 1.38 bits per heavy atom. The molecular formula is C7H7Cl2N3O. The van der Waals surface area contributed by atoms with Gasteiger partial charge in [-0.2, -0.15) is 4.98 Å². The molecule has 0 atom stereocenters. The van der Waals surface area contributed by atoms with Gasteiger partial charge in [-0.15, -0.1) is 16.8 Å². The summed E-state index contributed by atoms with van der Waals surface area (Å²) in [5.41, 5.74) is 0. The van der Waals surface area contributed by atoms with E-state index in [-0.39, 0.29) is 16.3 Å². The Balaban J connectivity index is 2.64. The molecule has 0 bridgehead atoms. The van der Waals surface area contributed by atoms with E-state index in [1.165, 1.54) is 0 Å². The summed E-state index contributed by atoms with van der Waals surface area (Å²) >= 11 is 11.1. The van der Waals surface area contributed by atoms with Gasteiger partial charge in [-0.1, -0.05) is 17.7 Å². The van der Waals surface area contributed by atoms with E-state index in [1.807, 2.05) is 0 Å². The second kappa shape index (κ2) is 4.99. The molecule has 0 aliphatic rings. The van der Waals surface area contributed by atoms with Gasteiger partial charge in [-0.3, -0.25) is 0 Å². The maximum Gasteiger partial charge on any atom is 0.256 e. The van der Waals surface area contributed by atoms with Crippen LogP contribution in [0.25, 0.3) is 0 Å². The zero-order valence-corrected chi connectivity index (χ0v) is 8.22. The lowest BCUT2D eigenvalue weighted by atomic mass is 10.5. The van der Waals surface area contributed by atoms with Crippen molar-refractivity contribution in [1.82, 2.24) is 15.2 Å². The molecule has 70 valence electrons. The lowest BCUT2D eigenvalue weighted by Crippen LogP contribution is -2.01. The van der Waals surface area contributed by atoms with Gasteiger partial charge in [0.15, 0.2) is 0 Å². The highest BCUT2D eigenvalue weighted by molar-refractivity contribution is 6.31. The fourth-order valence-electron chi connectivity index (χ4n) is 0.611. The highest BCUT2D eigenvalue weighted by Crippen LogP contribution is 2.18. The lowest BCUT2D eigenvalue weighted by Gasteiger charge is -2.03. The topological polar surface area (TPSA) is 47.9 Å². The van der Waals surface area contributed by atoms with E-state index in [2.05, 4.69) is 21.8 Å². The van der Waals surface area contributed by atoms with Crippen LogP contribution in [0.4, 0.5) is 0 Å². The Kier molecular flexibility index (Phi) is 3.92. The Bertz CT molecular complexity index is 306. The van der Waals surface area contributed by atoms with Crippen molar-refractivity contribution >= 4 is 23.2 Å². The molecule has 0 radical (unpaired) electrons. The minimum atomic E-state index is 0.0120. The third-order valence-electron chi connectivity index (χ3n) is 1.15. The van der Waals surface area contributed by atoms with Crippen molar-refractivity contribution in [3.8, 4) is 5.88 Å². The van der Waals surface area contributed by atoms with Crippen LogP contribution in [0.1, 0.15) is 6.42 Å². The van der Waals surface area contributed by atoms with E-state index in [9.17, 15) is 0 Å². The van der Waals surface area contributed by atoms with Crippen molar-refractivity contribution in [2.75, 3.05) is 6.61 Å².